The van der Waals surface area contributed by atoms with Crippen molar-refractivity contribution in [3.05, 3.63) is 126 Å². The molecule has 4 rings (SSSR count). The van der Waals surface area contributed by atoms with E-state index in [0.29, 0.717) is 17.9 Å². The molecule has 2 amide bonds. The smallest absolute Gasteiger partial charge is 0.264 e. The van der Waals surface area contributed by atoms with Gasteiger partial charge in [0.2, 0.25) is 11.8 Å². The summed E-state index contributed by atoms with van der Waals surface area (Å²) in [6.45, 7) is 6.87. The number of amides is 2. The summed E-state index contributed by atoms with van der Waals surface area (Å²) in [6, 6.07) is 24.1. The first-order valence-electron chi connectivity index (χ1n) is 15.2. The number of carbonyl (C=O) groups excluding carboxylic acids is 2. The first-order chi connectivity index (χ1) is 22.3. The number of hydrogen-bond donors (Lipinski definition) is 1. The molecule has 248 valence electrons. The molecule has 0 unspecified atom stereocenters. The van der Waals surface area contributed by atoms with Crippen molar-refractivity contribution in [1.82, 2.24) is 10.2 Å². The Morgan fingerprint density at radius 3 is 1.94 bits per heavy atom. The molecular formula is C36H39F2N3O5S. The Labute approximate surface area is 275 Å². The zero-order valence-electron chi connectivity index (χ0n) is 26.8. The molecule has 0 heterocycles. The standard InChI is InChI=1S/C36H39F2N3O5S/c1-5-46-31-19-17-30(18-20-31)41(47(44,45)32-21-15-29(38)16-22-32)25-34(42)40(24-27-11-13-28(37)14-12-27)33(35(43)39-36(2,3)4)23-26-9-7-6-8-10-26/h6-22,33H,5,23-25H2,1-4H3,(H,39,43)/t33-/m1/s1. The van der Waals surface area contributed by atoms with Gasteiger partial charge in [-0.1, -0.05) is 42.5 Å². The van der Waals surface area contributed by atoms with E-state index < -0.39 is 51.6 Å². The molecule has 0 aliphatic rings. The summed E-state index contributed by atoms with van der Waals surface area (Å²) in [5.74, 6) is -1.71. The van der Waals surface area contributed by atoms with Gasteiger partial charge in [-0.25, -0.2) is 17.2 Å². The number of hydrogen-bond acceptors (Lipinski definition) is 5. The Kier molecular flexibility index (Phi) is 11.4. The minimum atomic E-state index is -4.41. The summed E-state index contributed by atoms with van der Waals surface area (Å²) >= 11 is 0. The van der Waals surface area contributed by atoms with Crippen LogP contribution in [0.4, 0.5) is 14.5 Å². The number of sulfonamides is 1. The minimum Gasteiger partial charge on any atom is -0.494 e. The minimum absolute atomic E-state index is 0.109. The van der Waals surface area contributed by atoms with Crippen LogP contribution in [-0.2, 0) is 32.6 Å². The monoisotopic (exact) mass is 663 g/mol. The number of carbonyl (C=O) groups is 2. The van der Waals surface area contributed by atoms with Crippen LogP contribution in [-0.4, -0.2) is 49.9 Å². The van der Waals surface area contributed by atoms with Crippen LogP contribution in [0.3, 0.4) is 0 Å². The van der Waals surface area contributed by atoms with Crippen LogP contribution < -0.4 is 14.4 Å². The summed E-state index contributed by atoms with van der Waals surface area (Å²) in [5, 5.41) is 2.96. The fraction of sp³-hybridized carbons (Fsp3) is 0.278. The van der Waals surface area contributed by atoms with Crippen molar-refractivity contribution in [1.29, 1.82) is 0 Å². The predicted molar refractivity (Wildman–Crippen MR) is 177 cm³/mol. The largest absolute Gasteiger partial charge is 0.494 e. The molecule has 0 bridgehead atoms. The molecule has 0 spiro atoms. The molecular weight excluding hydrogens is 624 g/mol. The Balaban J connectivity index is 1.81. The SMILES string of the molecule is CCOc1ccc(N(CC(=O)N(Cc2ccc(F)cc2)[C@H](Cc2ccccc2)C(=O)NC(C)(C)C)S(=O)(=O)c2ccc(F)cc2)cc1. The van der Waals surface area contributed by atoms with Crippen molar-refractivity contribution < 1.29 is 31.5 Å². The zero-order valence-corrected chi connectivity index (χ0v) is 27.6. The van der Waals surface area contributed by atoms with Crippen LogP contribution >= 0.6 is 0 Å². The van der Waals surface area contributed by atoms with Gasteiger partial charge in [-0.15, -0.1) is 0 Å². The van der Waals surface area contributed by atoms with Crippen molar-refractivity contribution in [3.8, 4) is 5.75 Å². The fourth-order valence-corrected chi connectivity index (χ4v) is 6.35. The van der Waals surface area contributed by atoms with Gasteiger partial charge in [0.15, 0.2) is 0 Å². The molecule has 4 aromatic rings. The number of halogens is 2. The van der Waals surface area contributed by atoms with Gasteiger partial charge in [0, 0.05) is 18.5 Å². The number of anilines is 1. The molecule has 0 saturated carbocycles. The van der Waals surface area contributed by atoms with Gasteiger partial charge in [-0.3, -0.25) is 13.9 Å². The number of rotatable bonds is 13. The number of ether oxygens (including phenoxy) is 1. The lowest BCUT2D eigenvalue weighted by atomic mass is 10.0. The van der Waals surface area contributed by atoms with E-state index in [1.165, 1.54) is 41.3 Å². The number of nitrogens with zero attached hydrogens (tertiary/aromatic N) is 2. The molecule has 0 aliphatic heterocycles. The van der Waals surface area contributed by atoms with Crippen molar-refractivity contribution in [2.24, 2.45) is 0 Å². The lowest BCUT2D eigenvalue weighted by Crippen LogP contribution is -2.56. The van der Waals surface area contributed by atoms with Gasteiger partial charge in [0.05, 0.1) is 17.2 Å². The van der Waals surface area contributed by atoms with Crippen LogP contribution in [0.5, 0.6) is 5.75 Å². The molecule has 0 radical (unpaired) electrons. The van der Waals surface area contributed by atoms with E-state index >= 15 is 0 Å². The Morgan fingerprint density at radius 2 is 1.38 bits per heavy atom. The average molecular weight is 664 g/mol. The molecule has 47 heavy (non-hydrogen) atoms. The lowest BCUT2D eigenvalue weighted by Gasteiger charge is -2.35. The maximum Gasteiger partial charge on any atom is 0.264 e. The van der Waals surface area contributed by atoms with Gasteiger partial charge in [0.1, 0.15) is 30.0 Å². The first-order valence-corrected chi connectivity index (χ1v) is 16.6. The van der Waals surface area contributed by atoms with Crippen LogP contribution in [0.15, 0.2) is 108 Å². The lowest BCUT2D eigenvalue weighted by molar-refractivity contribution is -0.140. The summed E-state index contributed by atoms with van der Waals surface area (Å²) < 4.78 is 62.2. The molecule has 8 nitrogen and oxygen atoms in total. The average Bonchev–Trinajstić information content (AvgIpc) is 3.03. The van der Waals surface area contributed by atoms with E-state index in [4.69, 9.17) is 4.74 Å². The molecule has 0 aromatic heterocycles. The van der Waals surface area contributed by atoms with Crippen LogP contribution in [0.25, 0.3) is 0 Å². The second kappa shape index (κ2) is 15.2. The van der Waals surface area contributed by atoms with Crippen molar-refractivity contribution >= 4 is 27.5 Å². The van der Waals surface area contributed by atoms with Crippen molar-refractivity contribution in [2.75, 3.05) is 17.5 Å². The van der Waals surface area contributed by atoms with Crippen molar-refractivity contribution in [3.63, 3.8) is 0 Å². The second-order valence-electron chi connectivity index (χ2n) is 12.0. The summed E-state index contributed by atoms with van der Waals surface area (Å²) in [7, 11) is -4.41. The van der Waals surface area contributed by atoms with E-state index in [0.717, 1.165) is 34.1 Å². The first kappa shape index (κ1) is 35.1. The topological polar surface area (TPSA) is 96.0 Å². The van der Waals surface area contributed by atoms with E-state index in [2.05, 4.69) is 5.32 Å². The summed E-state index contributed by atoms with van der Waals surface area (Å²) in [5.41, 5.74) is 0.833. The Morgan fingerprint density at radius 1 is 0.809 bits per heavy atom. The molecule has 0 saturated heterocycles. The molecule has 11 heteroatoms. The van der Waals surface area contributed by atoms with Crippen LogP contribution in [0.1, 0.15) is 38.8 Å². The third-order valence-corrected chi connectivity index (χ3v) is 8.94. The van der Waals surface area contributed by atoms with Crippen molar-refractivity contribution in [2.45, 2.75) is 57.1 Å². The molecule has 0 fully saturated rings. The highest BCUT2D eigenvalue weighted by atomic mass is 32.2. The predicted octanol–water partition coefficient (Wildman–Crippen LogP) is 6.11. The van der Waals surface area contributed by atoms with Crippen LogP contribution in [0.2, 0.25) is 0 Å². The van der Waals surface area contributed by atoms with Gasteiger partial charge in [-0.05, 0) is 99.5 Å². The van der Waals surface area contributed by atoms with E-state index in [-0.39, 0.29) is 23.5 Å². The third-order valence-electron chi connectivity index (χ3n) is 7.15. The van der Waals surface area contributed by atoms with Crippen LogP contribution in [0, 0.1) is 11.6 Å². The number of nitrogens with one attached hydrogen (secondary N) is 1. The Hall–Kier alpha value is -4.77. The second-order valence-corrected chi connectivity index (χ2v) is 13.8. The normalized spacial score (nSPS) is 12.2. The van der Waals surface area contributed by atoms with E-state index in [1.807, 2.05) is 58.0 Å². The zero-order chi connectivity index (χ0) is 34.2. The summed E-state index contributed by atoms with van der Waals surface area (Å²) in [6.07, 6.45) is 0.128. The van der Waals surface area contributed by atoms with Gasteiger partial charge >= 0.3 is 0 Å². The maximum absolute atomic E-state index is 14.5. The molecule has 1 N–H and O–H groups in total. The maximum atomic E-state index is 14.5. The third kappa shape index (κ3) is 9.62. The van der Waals surface area contributed by atoms with E-state index in [9.17, 15) is 26.8 Å². The van der Waals surface area contributed by atoms with E-state index in [1.54, 1.807) is 12.1 Å². The molecule has 0 aliphatic carbocycles. The van der Waals surface area contributed by atoms with Gasteiger partial charge in [-0.2, -0.15) is 0 Å². The quantitative estimate of drug-likeness (QED) is 0.186. The van der Waals surface area contributed by atoms with Gasteiger partial charge < -0.3 is 15.0 Å². The number of benzene rings is 4. The highest BCUT2D eigenvalue weighted by Gasteiger charge is 2.35. The molecule has 1 atom stereocenters. The highest BCUT2D eigenvalue weighted by molar-refractivity contribution is 7.92. The van der Waals surface area contributed by atoms with Gasteiger partial charge in [0.25, 0.3) is 10.0 Å². The summed E-state index contributed by atoms with van der Waals surface area (Å²) in [4.78, 5) is 29.5. The molecule has 4 aromatic carbocycles. The fourth-order valence-electron chi connectivity index (χ4n) is 4.93. The Bertz CT molecular complexity index is 1740. The highest BCUT2D eigenvalue weighted by Crippen LogP contribution is 2.27.